The van der Waals surface area contributed by atoms with E-state index in [2.05, 4.69) is 17.3 Å². The Kier molecular flexibility index (Phi) is 5.50. The molecule has 0 aromatic heterocycles. The van der Waals surface area contributed by atoms with E-state index in [4.69, 9.17) is 4.74 Å². The number of likely N-dealkylation sites (N-methyl/N-ethyl adjacent to an activating group) is 1. The summed E-state index contributed by atoms with van der Waals surface area (Å²) < 4.78 is 45.0. The van der Waals surface area contributed by atoms with Crippen molar-refractivity contribution >= 4 is 5.91 Å². The van der Waals surface area contributed by atoms with E-state index in [1.54, 1.807) is 0 Å². The summed E-state index contributed by atoms with van der Waals surface area (Å²) in [5.74, 6) is -0.479. The van der Waals surface area contributed by atoms with Gasteiger partial charge in [0.25, 0.3) is 5.91 Å². The molecule has 2 heterocycles. The Morgan fingerprint density at radius 3 is 2.52 bits per heavy atom. The van der Waals surface area contributed by atoms with Gasteiger partial charge in [-0.3, -0.25) is 9.69 Å². The van der Waals surface area contributed by atoms with Crippen LogP contribution in [0.1, 0.15) is 52.7 Å². The van der Waals surface area contributed by atoms with Gasteiger partial charge in [0.2, 0.25) is 0 Å². The lowest BCUT2D eigenvalue weighted by atomic mass is 9.76. The van der Waals surface area contributed by atoms with Crippen molar-refractivity contribution in [1.29, 1.82) is 0 Å². The average molecular weight is 432 g/mol. The number of alkyl halides is 3. The molecule has 7 heteroatoms. The zero-order valence-corrected chi connectivity index (χ0v) is 17.9. The van der Waals surface area contributed by atoms with Crippen LogP contribution in [-0.2, 0) is 11.7 Å². The van der Waals surface area contributed by atoms with E-state index < -0.39 is 23.2 Å². The van der Waals surface area contributed by atoms with Crippen LogP contribution in [0.15, 0.2) is 42.5 Å². The molecule has 2 bridgehead atoms. The van der Waals surface area contributed by atoms with Crippen molar-refractivity contribution in [2.45, 2.75) is 56.4 Å². The number of methoxy groups -OCH3 is 1. The smallest absolute Gasteiger partial charge is 0.416 e. The van der Waals surface area contributed by atoms with Gasteiger partial charge in [0.15, 0.2) is 0 Å². The Balaban J connectivity index is 1.76. The third-order valence-electron chi connectivity index (χ3n) is 6.98. The highest BCUT2D eigenvalue weighted by molar-refractivity contribution is 5.99. The molecule has 2 saturated heterocycles. The summed E-state index contributed by atoms with van der Waals surface area (Å²) in [6.45, 7) is 1.51. The van der Waals surface area contributed by atoms with Crippen LogP contribution in [0.4, 0.5) is 13.2 Å². The second-order valence-electron chi connectivity index (χ2n) is 8.61. The number of hydrogen-bond acceptors (Lipinski definition) is 3. The molecule has 4 nitrogen and oxygen atoms in total. The maximum atomic E-state index is 13.5. The minimum Gasteiger partial charge on any atom is -0.496 e. The molecule has 0 saturated carbocycles. The predicted octanol–water partition coefficient (Wildman–Crippen LogP) is 4.90. The Morgan fingerprint density at radius 2 is 1.87 bits per heavy atom. The number of carbonyl (C=O) groups is 1. The molecular weight excluding hydrogens is 405 g/mol. The van der Waals surface area contributed by atoms with Crippen LogP contribution < -0.4 is 10.1 Å². The zero-order chi connectivity index (χ0) is 22.4. The quantitative estimate of drug-likeness (QED) is 0.747. The predicted molar refractivity (Wildman–Crippen MR) is 112 cm³/mol. The summed E-state index contributed by atoms with van der Waals surface area (Å²) in [4.78, 5) is 15.9. The average Bonchev–Trinajstić information content (AvgIpc) is 2.99. The molecule has 0 spiro atoms. The van der Waals surface area contributed by atoms with Crippen LogP contribution in [0.5, 0.6) is 5.75 Å². The summed E-state index contributed by atoms with van der Waals surface area (Å²) >= 11 is 0. The molecule has 2 aliphatic heterocycles. The van der Waals surface area contributed by atoms with Crippen molar-refractivity contribution in [3.63, 3.8) is 0 Å². The van der Waals surface area contributed by atoms with Gasteiger partial charge >= 0.3 is 6.18 Å². The summed E-state index contributed by atoms with van der Waals surface area (Å²) in [6, 6.07) is 12.4. The highest BCUT2D eigenvalue weighted by Gasteiger charge is 2.52. The van der Waals surface area contributed by atoms with Crippen LogP contribution in [-0.4, -0.2) is 37.0 Å². The lowest BCUT2D eigenvalue weighted by Crippen LogP contribution is -2.61. The number of piperidine rings is 1. The lowest BCUT2D eigenvalue weighted by Gasteiger charge is -2.48. The number of aryl methyl sites for hydroxylation is 1. The summed E-state index contributed by atoms with van der Waals surface area (Å²) in [5, 5.41) is 3.25. The zero-order valence-electron chi connectivity index (χ0n) is 17.9. The molecule has 3 atom stereocenters. The van der Waals surface area contributed by atoms with E-state index in [-0.39, 0.29) is 22.9 Å². The van der Waals surface area contributed by atoms with Gasteiger partial charge < -0.3 is 10.1 Å². The Morgan fingerprint density at radius 1 is 1.16 bits per heavy atom. The Bertz CT molecular complexity index is 977. The lowest BCUT2D eigenvalue weighted by molar-refractivity contribution is -0.137. The van der Waals surface area contributed by atoms with E-state index in [0.717, 1.165) is 43.4 Å². The van der Waals surface area contributed by atoms with Crippen LogP contribution in [0.3, 0.4) is 0 Å². The van der Waals surface area contributed by atoms with Crippen molar-refractivity contribution in [1.82, 2.24) is 10.2 Å². The highest BCUT2D eigenvalue weighted by atomic mass is 19.4. The van der Waals surface area contributed by atoms with Gasteiger partial charge in [-0.15, -0.1) is 0 Å². The number of ether oxygens (including phenoxy) is 1. The fourth-order valence-corrected chi connectivity index (χ4v) is 5.44. The molecule has 1 N–H and O–H groups in total. The molecule has 31 heavy (non-hydrogen) atoms. The number of halogens is 3. The number of nitrogens with one attached hydrogen (secondary N) is 1. The minimum atomic E-state index is -4.51. The van der Waals surface area contributed by atoms with E-state index in [9.17, 15) is 18.0 Å². The van der Waals surface area contributed by atoms with E-state index in [1.165, 1.54) is 14.0 Å². The summed E-state index contributed by atoms with van der Waals surface area (Å²) in [6.07, 6.45) is -0.743. The maximum absolute atomic E-state index is 13.5. The van der Waals surface area contributed by atoms with Crippen LogP contribution >= 0.6 is 0 Å². The molecule has 0 aliphatic carbocycles. The van der Waals surface area contributed by atoms with Gasteiger partial charge in [-0.25, -0.2) is 0 Å². The van der Waals surface area contributed by atoms with Crippen molar-refractivity contribution in [3.05, 3.63) is 64.7 Å². The molecule has 1 amide bonds. The van der Waals surface area contributed by atoms with Gasteiger partial charge in [0, 0.05) is 12.1 Å². The van der Waals surface area contributed by atoms with Crippen LogP contribution in [0, 0.1) is 6.92 Å². The number of nitrogens with zero attached hydrogens (tertiary/aromatic N) is 1. The Hall–Kier alpha value is -2.54. The second-order valence-corrected chi connectivity index (χ2v) is 8.61. The number of rotatable bonds is 4. The van der Waals surface area contributed by atoms with Crippen molar-refractivity contribution in [2.24, 2.45) is 0 Å². The highest BCUT2D eigenvalue weighted by Crippen LogP contribution is 2.46. The topological polar surface area (TPSA) is 41.6 Å². The third-order valence-corrected chi connectivity index (χ3v) is 6.98. The van der Waals surface area contributed by atoms with E-state index in [0.29, 0.717) is 6.04 Å². The summed E-state index contributed by atoms with van der Waals surface area (Å²) in [7, 11) is 3.38. The standard InChI is InChI=1S/C24H27F3N2O2/c1-15-13-17(24(25,26)27)14-19(31-3)21(15)22(30)28-23(16-7-5-4-6-8-16)12-11-18-9-10-20(23)29(18)2/h4-8,13-14,18,20H,9-12H2,1-3H3,(H,28,30)/t18-,20+,23+/m1/s1. The maximum Gasteiger partial charge on any atom is 0.416 e. The van der Waals surface area contributed by atoms with Crippen LogP contribution in [0.25, 0.3) is 0 Å². The van der Waals surface area contributed by atoms with Gasteiger partial charge in [0.1, 0.15) is 5.75 Å². The molecular formula is C24H27F3N2O2. The third kappa shape index (κ3) is 3.69. The molecule has 2 aliphatic rings. The summed E-state index contributed by atoms with van der Waals surface area (Å²) in [5.41, 5.74) is -0.0361. The molecule has 4 rings (SSSR count). The first-order valence-electron chi connectivity index (χ1n) is 10.5. The number of benzene rings is 2. The molecule has 166 valence electrons. The largest absolute Gasteiger partial charge is 0.496 e. The van der Waals surface area contributed by atoms with Crippen LogP contribution in [0.2, 0.25) is 0 Å². The van der Waals surface area contributed by atoms with Gasteiger partial charge in [-0.2, -0.15) is 13.2 Å². The fraction of sp³-hybridized carbons (Fsp3) is 0.458. The first kappa shape index (κ1) is 21.7. The normalized spacial score (nSPS) is 26.0. The number of fused-ring (bicyclic) bond motifs is 2. The second kappa shape index (κ2) is 7.86. The first-order valence-corrected chi connectivity index (χ1v) is 10.5. The monoisotopic (exact) mass is 432 g/mol. The van der Waals surface area contributed by atoms with Gasteiger partial charge in [0.05, 0.1) is 23.8 Å². The molecule has 0 unspecified atom stereocenters. The number of hydrogen-bond donors (Lipinski definition) is 1. The Labute approximate surface area is 180 Å². The molecule has 2 aromatic carbocycles. The molecule has 0 radical (unpaired) electrons. The van der Waals surface area contributed by atoms with Crippen molar-refractivity contribution in [3.8, 4) is 5.75 Å². The number of carbonyl (C=O) groups excluding carboxylic acids is 1. The first-order chi connectivity index (χ1) is 14.7. The van der Waals surface area contributed by atoms with E-state index >= 15 is 0 Å². The van der Waals surface area contributed by atoms with Crippen molar-refractivity contribution < 1.29 is 22.7 Å². The molecule has 2 aromatic rings. The van der Waals surface area contributed by atoms with E-state index in [1.807, 2.05) is 30.3 Å². The minimum absolute atomic E-state index is 0.0681. The fourth-order valence-electron chi connectivity index (χ4n) is 5.44. The van der Waals surface area contributed by atoms with Gasteiger partial charge in [-0.05, 0) is 62.9 Å². The van der Waals surface area contributed by atoms with Gasteiger partial charge in [-0.1, -0.05) is 30.3 Å². The number of amides is 1. The molecule has 2 fully saturated rings. The SMILES string of the molecule is COc1cc(C(F)(F)F)cc(C)c1C(=O)N[C@]1(c2ccccc2)CC[C@H]2CC[C@@H]1N2C. The van der Waals surface area contributed by atoms with Crippen molar-refractivity contribution in [2.75, 3.05) is 14.2 Å².